The number of carbonyl (C=O) groups excluding carboxylic acids is 1. The SMILES string of the molecule is CC(=O)[C@]1(O)C[C@@H](C(C)C)CC[C@H]1C. The number of ketones is 1. The Morgan fingerprint density at radius 1 is 1.43 bits per heavy atom. The van der Waals surface area contributed by atoms with Gasteiger partial charge in [-0.1, -0.05) is 20.8 Å². The second-order valence-corrected chi connectivity index (χ2v) is 5.17. The van der Waals surface area contributed by atoms with Gasteiger partial charge < -0.3 is 5.11 Å². The van der Waals surface area contributed by atoms with Crippen LogP contribution in [-0.4, -0.2) is 16.5 Å². The molecule has 0 aromatic heterocycles. The van der Waals surface area contributed by atoms with Gasteiger partial charge in [0.05, 0.1) is 0 Å². The molecule has 3 atom stereocenters. The topological polar surface area (TPSA) is 37.3 Å². The molecule has 0 amide bonds. The first-order valence-corrected chi connectivity index (χ1v) is 5.61. The molecule has 1 saturated carbocycles. The number of hydrogen-bond donors (Lipinski definition) is 1. The van der Waals surface area contributed by atoms with Crippen molar-refractivity contribution in [3.05, 3.63) is 0 Å². The molecule has 82 valence electrons. The normalized spacial score (nSPS) is 38.7. The maximum Gasteiger partial charge on any atom is 0.161 e. The van der Waals surface area contributed by atoms with E-state index in [1.165, 1.54) is 6.92 Å². The molecule has 2 heteroatoms. The fraction of sp³-hybridized carbons (Fsp3) is 0.917. The number of Topliss-reactive ketones (excluding diaryl/α,β-unsaturated/α-hetero) is 1. The lowest BCUT2D eigenvalue weighted by molar-refractivity contribution is -0.147. The van der Waals surface area contributed by atoms with Crippen molar-refractivity contribution >= 4 is 5.78 Å². The standard InChI is InChI=1S/C12H22O2/c1-8(2)11-6-5-9(3)12(14,7-11)10(4)13/h8-9,11,14H,5-7H2,1-4H3/t9-,11+,12+/m1/s1. The molecule has 1 aliphatic rings. The lowest BCUT2D eigenvalue weighted by atomic mass is 9.67. The van der Waals surface area contributed by atoms with Crippen LogP contribution < -0.4 is 0 Å². The lowest BCUT2D eigenvalue weighted by Crippen LogP contribution is -2.48. The zero-order valence-corrected chi connectivity index (χ0v) is 9.71. The second kappa shape index (κ2) is 4.01. The molecule has 0 radical (unpaired) electrons. The predicted octanol–water partition coefficient (Wildman–Crippen LogP) is 2.40. The highest BCUT2D eigenvalue weighted by molar-refractivity contribution is 5.85. The molecule has 0 aromatic rings. The van der Waals surface area contributed by atoms with Crippen molar-refractivity contribution in [3.8, 4) is 0 Å². The summed E-state index contributed by atoms with van der Waals surface area (Å²) in [5.41, 5.74) is -1.05. The van der Waals surface area contributed by atoms with Gasteiger partial charge in [-0.05, 0) is 43.9 Å². The number of carbonyl (C=O) groups is 1. The summed E-state index contributed by atoms with van der Waals surface area (Å²) in [7, 11) is 0. The Bertz CT molecular complexity index is 222. The first-order valence-electron chi connectivity index (χ1n) is 5.61. The molecule has 0 saturated heterocycles. The van der Waals surface area contributed by atoms with Crippen molar-refractivity contribution in [1.82, 2.24) is 0 Å². The average molecular weight is 198 g/mol. The lowest BCUT2D eigenvalue weighted by Gasteiger charge is -2.41. The summed E-state index contributed by atoms with van der Waals surface area (Å²) in [5.74, 6) is 1.12. The summed E-state index contributed by atoms with van der Waals surface area (Å²) in [6.45, 7) is 7.83. The van der Waals surface area contributed by atoms with Crippen LogP contribution in [0.25, 0.3) is 0 Å². The summed E-state index contributed by atoms with van der Waals surface area (Å²) in [6.07, 6.45) is 2.77. The highest BCUT2D eigenvalue weighted by atomic mass is 16.3. The van der Waals surface area contributed by atoms with Crippen molar-refractivity contribution in [2.45, 2.75) is 52.6 Å². The summed E-state index contributed by atoms with van der Waals surface area (Å²) in [5, 5.41) is 10.3. The maximum atomic E-state index is 11.4. The molecule has 2 nitrogen and oxygen atoms in total. The van der Waals surface area contributed by atoms with Crippen LogP contribution in [0.4, 0.5) is 0 Å². The third-order valence-corrected chi connectivity index (χ3v) is 3.91. The number of hydrogen-bond acceptors (Lipinski definition) is 2. The predicted molar refractivity (Wildman–Crippen MR) is 57.0 cm³/mol. The molecule has 1 fully saturated rings. The maximum absolute atomic E-state index is 11.4. The molecule has 1 rings (SSSR count). The zero-order chi connectivity index (χ0) is 10.9. The molecule has 14 heavy (non-hydrogen) atoms. The molecule has 0 aliphatic heterocycles. The first-order chi connectivity index (χ1) is 6.38. The van der Waals surface area contributed by atoms with Gasteiger partial charge in [-0.3, -0.25) is 4.79 Å². The molecule has 0 unspecified atom stereocenters. The van der Waals surface area contributed by atoms with Crippen LogP contribution in [0.15, 0.2) is 0 Å². The summed E-state index contributed by atoms with van der Waals surface area (Å²) in [4.78, 5) is 11.4. The van der Waals surface area contributed by atoms with Gasteiger partial charge in [-0.2, -0.15) is 0 Å². The van der Waals surface area contributed by atoms with Crippen molar-refractivity contribution in [2.24, 2.45) is 17.8 Å². The Morgan fingerprint density at radius 3 is 2.43 bits per heavy atom. The van der Waals surface area contributed by atoms with E-state index in [0.717, 1.165) is 12.8 Å². The van der Waals surface area contributed by atoms with Crippen LogP contribution in [0, 0.1) is 17.8 Å². The zero-order valence-electron chi connectivity index (χ0n) is 9.71. The highest BCUT2D eigenvalue weighted by Crippen LogP contribution is 2.40. The monoisotopic (exact) mass is 198 g/mol. The minimum absolute atomic E-state index is 0.0599. The molecule has 0 heterocycles. The van der Waals surface area contributed by atoms with Crippen molar-refractivity contribution < 1.29 is 9.90 Å². The van der Waals surface area contributed by atoms with Crippen molar-refractivity contribution in [3.63, 3.8) is 0 Å². The van der Waals surface area contributed by atoms with Gasteiger partial charge >= 0.3 is 0 Å². The molecule has 1 aliphatic carbocycles. The summed E-state index contributed by atoms with van der Waals surface area (Å²) >= 11 is 0. The number of rotatable bonds is 2. The van der Waals surface area contributed by atoms with Crippen LogP contribution in [-0.2, 0) is 4.79 Å². The van der Waals surface area contributed by atoms with Gasteiger partial charge in [0.15, 0.2) is 5.78 Å². The smallest absolute Gasteiger partial charge is 0.161 e. The average Bonchev–Trinajstić information content (AvgIpc) is 2.09. The van der Waals surface area contributed by atoms with Crippen LogP contribution in [0.1, 0.15) is 47.0 Å². The van der Waals surface area contributed by atoms with E-state index in [1.807, 2.05) is 6.92 Å². The van der Waals surface area contributed by atoms with E-state index in [9.17, 15) is 9.90 Å². The van der Waals surface area contributed by atoms with Gasteiger partial charge in [-0.25, -0.2) is 0 Å². The summed E-state index contributed by atoms with van der Waals surface area (Å²) in [6, 6.07) is 0. The van der Waals surface area contributed by atoms with Crippen LogP contribution >= 0.6 is 0 Å². The van der Waals surface area contributed by atoms with Crippen molar-refractivity contribution in [1.29, 1.82) is 0 Å². The van der Waals surface area contributed by atoms with Crippen molar-refractivity contribution in [2.75, 3.05) is 0 Å². The largest absolute Gasteiger partial charge is 0.382 e. The van der Waals surface area contributed by atoms with Gasteiger partial charge in [0, 0.05) is 0 Å². The Hall–Kier alpha value is -0.370. The van der Waals surface area contributed by atoms with E-state index in [2.05, 4.69) is 13.8 Å². The van der Waals surface area contributed by atoms with Gasteiger partial charge in [-0.15, -0.1) is 0 Å². The minimum atomic E-state index is -1.05. The van der Waals surface area contributed by atoms with Crippen LogP contribution in [0.5, 0.6) is 0 Å². The van der Waals surface area contributed by atoms with E-state index in [1.54, 1.807) is 0 Å². The fourth-order valence-corrected chi connectivity index (χ4v) is 2.47. The van der Waals surface area contributed by atoms with E-state index in [0.29, 0.717) is 18.3 Å². The Morgan fingerprint density at radius 2 is 2.00 bits per heavy atom. The molecule has 0 bridgehead atoms. The van der Waals surface area contributed by atoms with E-state index < -0.39 is 5.60 Å². The first kappa shape index (κ1) is 11.7. The number of aliphatic hydroxyl groups is 1. The second-order valence-electron chi connectivity index (χ2n) is 5.17. The Labute approximate surface area is 86.7 Å². The van der Waals surface area contributed by atoms with E-state index in [4.69, 9.17) is 0 Å². The molecular formula is C12H22O2. The molecule has 0 aromatic carbocycles. The quantitative estimate of drug-likeness (QED) is 0.739. The minimum Gasteiger partial charge on any atom is -0.382 e. The summed E-state index contributed by atoms with van der Waals surface area (Å²) < 4.78 is 0. The van der Waals surface area contributed by atoms with Crippen LogP contribution in [0.3, 0.4) is 0 Å². The highest BCUT2D eigenvalue weighted by Gasteiger charge is 2.44. The van der Waals surface area contributed by atoms with Gasteiger partial charge in [0.1, 0.15) is 5.60 Å². The third-order valence-electron chi connectivity index (χ3n) is 3.91. The van der Waals surface area contributed by atoms with E-state index >= 15 is 0 Å². The third kappa shape index (κ3) is 2.00. The molecule has 0 spiro atoms. The molecular weight excluding hydrogens is 176 g/mol. The van der Waals surface area contributed by atoms with Gasteiger partial charge in [0.25, 0.3) is 0 Å². The Balaban J connectivity index is 2.78. The molecule has 1 N–H and O–H groups in total. The Kier molecular flexibility index (Phi) is 3.36. The van der Waals surface area contributed by atoms with Gasteiger partial charge in [0.2, 0.25) is 0 Å². The van der Waals surface area contributed by atoms with E-state index in [-0.39, 0.29) is 11.7 Å². The van der Waals surface area contributed by atoms with Crippen LogP contribution in [0.2, 0.25) is 0 Å². The fourth-order valence-electron chi connectivity index (χ4n) is 2.47.